The van der Waals surface area contributed by atoms with E-state index in [9.17, 15) is 0 Å². The van der Waals surface area contributed by atoms with Gasteiger partial charge >= 0.3 is 26.2 Å². The number of hydrogen-bond acceptors (Lipinski definition) is 0. The van der Waals surface area contributed by atoms with Gasteiger partial charge < -0.3 is 24.8 Å². The smallest absolute Gasteiger partial charge is 1.00 e. The summed E-state index contributed by atoms with van der Waals surface area (Å²) in [4.78, 5) is 0. The third kappa shape index (κ3) is 4.47. The van der Waals surface area contributed by atoms with Gasteiger partial charge in [-0.2, -0.15) is 0 Å². The molecule has 0 saturated heterocycles. The zero-order chi connectivity index (χ0) is 8.39. The van der Waals surface area contributed by atoms with Gasteiger partial charge in [-0.05, 0) is 12.0 Å². The van der Waals surface area contributed by atoms with Crippen molar-refractivity contribution in [2.75, 3.05) is 0 Å². The van der Waals surface area contributed by atoms with Gasteiger partial charge in [-0.3, -0.25) is 0 Å². The molecule has 0 aromatic carbocycles. The first-order chi connectivity index (χ1) is 5.88. The Morgan fingerprint density at radius 1 is 1.07 bits per heavy atom. The van der Waals surface area contributed by atoms with Crippen molar-refractivity contribution in [3.8, 4) is 0 Å². The predicted octanol–water partition coefficient (Wildman–Crippen LogP) is -2.96. The van der Waals surface area contributed by atoms with Crippen LogP contribution in [-0.2, 0) is 26.2 Å². The molecular formula is C11H13BCl2Zr. The van der Waals surface area contributed by atoms with Crippen molar-refractivity contribution < 1.29 is 51.0 Å². The molecule has 0 bridgehead atoms. The Bertz CT molecular complexity index is 306. The van der Waals surface area contributed by atoms with Crippen LogP contribution in [0.3, 0.4) is 0 Å². The van der Waals surface area contributed by atoms with E-state index in [1.54, 1.807) is 0 Å². The summed E-state index contributed by atoms with van der Waals surface area (Å²) in [5, 5.41) is 0. The van der Waals surface area contributed by atoms with Gasteiger partial charge in [-0.1, -0.05) is 55.1 Å². The van der Waals surface area contributed by atoms with Crippen LogP contribution in [0.2, 0.25) is 13.1 Å². The molecule has 0 unspecified atom stereocenters. The third-order valence-electron chi connectivity index (χ3n) is 2.57. The summed E-state index contributed by atoms with van der Waals surface area (Å²) in [6, 6.07) is 0. The molecule has 2 aliphatic rings. The van der Waals surface area contributed by atoms with E-state index in [0.29, 0.717) is 6.71 Å². The van der Waals surface area contributed by atoms with Crippen LogP contribution < -0.4 is 24.8 Å². The average Bonchev–Trinajstić information content (AvgIpc) is 2.57. The molecule has 0 amide bonds. The Morgan fingerprint density at radius 2 is 1.73 bits per heavy atom. The molecule has 4 heteroatoms. The van der Waals surface area contributed by atoms with Gasteiger partial charge in [0.1, 0.15) is 0 Å². The largest absolute Gasteiger partial charge is 2.00 e. The van der Waals surface area contributed by atoms with Crippen molar-refractivity contribution in [3.63, 3.8) is 0 Å². The van der Waals surface area contributed by atoms with Gasteiger partial charge in [0.05, 0.1) is 0 Å². The van der Waals surface area contributed by atoms with Crippen LogP contribution in [0, 0.1) is 0 Å². The van der Waals surface area contributed by atoms with Crippen LogP contribution in [0.4, 0.5) is 0 Å². The van der Waals surface area contributed by atoms with Gasteiger partial charge in [0.25, 0.3) is 0 Å². The van der Waals surface area contributed by atoms with Crippen LogP contribution in [0.1, 0.15) is 6.42 Å². The standard InChI is InChI=1S/C11H13B.2ClH.Zr/c1-12-9-5-4-8-11(12)10-6-2-3-7-10;;;/h2-6,8H,7,9H2,1H3;2*1H;/q;;;+2/p-2. The van der Waals surface area contributed by atoms with E-state index >= 15 is 0 Å². The summed E-state index contributed by atoms with van der Waals surface area (Å²) in [6.07, 6.45) is 15.6. The Morgan fingerprint density at radius 3 is 2.27 bits per heavy atom. The number of halogens is 2. The van der Waals surface area contributed by atoms with E-state index in [4.69, 9.17) is 0 Å². The van der Waals surface area contributed by atoms with Crippen molar-refractivity contribution in [1.82, 2.24) is 0 Å². The van der Waals surface area contributed by atoms with Gasteiger partial charge in [0.15, 0.2) is 6.71 Å². The summed E-state index contributed by atoms with van der Waals surface area (Å²) >= 11 is 0. The summed E-state index contributed by atoms with van der Waals surface area (Å²) in [6.45, 7) is 3.01. The molecule has 0 spiro atoms. The fourth-order valence-corrected chi connectivity index (χ4v) is 1.83. The van der Waals surface area contributed by atoms with Crippen LogP contribution in [0.25, 0.3) is 0 Å². The molecule has 0 saturated carbocycles. The first-order valence-corrected chi connectivity index (χ1v) is 4.61. The second kappa shape index (κ2) is 8.62. The van der Waals surface area contributed by atoms with E-state index < -0.39 is 0 Å². The molecule has 0 aromatic rings. The van der Waals surface area contributed by atoms with E-state index in [1.807, 2.05) is 0 Å². The van der Waals surface area contributed by atoms with Gasteiger partial charge in [-0.15, -0.1) is 0 Å². The van der Waals surface area contributed by atoms with E-state index in [0.717, 1.165) is 6.42 Å². The maximum Gasteiger partial charge on any atom is 2.00 e. The molecule has 2 rings (SSSR count). The quantitative estimate of drug-likeness (QED) is 0.453. The van der Waals surface area contributed by atoms with E-state index in [1.165, 1.54) is 17.4 Å². The number of hydrogen-bond donors (Lipinski definition) is 0. The molecule has 0 radical (unpaired) electrons. The average molecular weight is 318 g/mol. The van der Waals surface area contributed by atoms with E-state index in [2.05, 4.69) is 43.3 Å². The van der Waals surface area contributed by atoms with Gasteiger partial charge in [-0.25, -0.2) is 0 Å². The summed E-state index contributed by atoms with van der Waals surface area (Å²) < 4.78 is 0. The summed E-state index contributed by atoms with van der Waals surface area (Å²) in [5.74, 6) is 0. The van der Waals surface area contributed by atoms with Crippen molar-refractivity contribution >= 4 is 6.71 Å². The van der Waals surface area contributed by atoms with Crippen molar-refractivity contribution in [2.45, 2.75) is 19.6 Å². The topological polar surface area (TPSA) is 0 Å². The monoisotopic (exact) mass is 316 g/mol. The second-order valence-corrected chi connectivity index (χ2v) is 3.51. The normalized spacial score (nSPS) is 17.0. The number of rotatable bonds is 1. The van der Waals surface area contributed by atoms with E-state index in [-0.39, 0.29) is 51.0 Å². The molecule has 0 nitrogen and oxygen atoms in total. The van der Waals surface area contributed by atoms with Gasteiger partial charge in [0.2, 0.25) is 0 Å². The van der Waals surface area contributed by atoms with Crippen LogP contribution >= 0.6 is 0 Å². The second-order valence-electron chi connectivity index (χ2n) is 3.51. The molecule has 0 atom stereocenters. The fraction of sp³-hybridized carbons (Fsp3) is 0.273. The Kier molecular flexibility index (Phi) is 10.3. The van der Waals surface area contributed by atoms with Crippen molar-refractivity contribution in [3.05, 3.63) is 47.5 Å². The molecule has 0 N–H and O–H groups in total. The maximum atomic E-state index is 2.30. The first kappa shape index (κ1) is 17.9. The SMILES string of the molecule is CB1CC=CC=C1C1=CC=CC1.[Cl-].[Cl-].[Zr+2]. The first-order valence-electron chi connectivity index (χ1n) is 4.61. The Hall–Kier alpha value is 0.488. The zero-order valence-corrected chi connectivity index (χ0v) is 12.7. The Labute approximate surface area is 124 Å². The van der Waals surface area contributed by atoms with Crippen molar-refractivity contribution in [1.29, 1.82) is 0 Å². The maximum absolute atomic E-state index is 2.30. The number of allylic oxidation sites excluding steroid dienone is 8. The minimum atomic E-state index is 0. The summed E-state index contributed by atoms with van der Waals surface area (Å²) in [7, 11) is 0. The summed E-state index contributed by atoms with van der Waals surface area (Å²) in [5.41, 5.74) is 3.04. The van der Waals surface area contributed by atoms with Crippen LogP contribution in [0.15, 0.2) is 47.5 Å². The predicted molar refractivity (Wildman–Crippen MR) is 55.5 cm³/mol. The molecule has 1 aliphatic heterocycles. The molecule has 1 aliphatic carbocycles. The molecule has 0 fully saturated rings. The molecule has 0 aromatic heterocycles. The van der Waals surface area contributed by atoms with Crippen LogP contribution in [-0.4, -0.2) is 6.71 Å². The zero-order valence-electron chi connectivity index (χ0n) is 8.71. The van der Waals surface area contributed by atoms with Crippen molar-refractivity contribution in [2.24, 2.45) is 0 Å². The third-order valence-corrected chi connectivity index (χ3v) is 2.57. The molecule has 1 heterocycles. The van der Waals surface area contributed by atoms with Gasteiger partial charge in [0, 0.05) is 0 Å². The minimum Gasteiger partial charge on any atom is -1.00 e. The fourth-order valence-electron chi connectivity index (χ4n) is 1.83. The molecule has 78 valence electrons. The molecule has 15 heavy (non-hydrogen) atoms. The Balaban J connectivity index is 0. The minimum absolute atomic E-state index is 0. The molecular weight excluding hydrogens is 305 g/mol. The van der Waals surface area contributed by atoms with Crippen LogP contribution in [0.5, 0.6) is 0 Å².